The standard InChI is InChI=1S/C19H36N4O4/c1-14-6-5-9-19(10-14,13-21)16(17(25)22-26)23(27)15(24)11-18(12-20)7-3-2-4-8-18/h14,16,26-27H,2-13,20-21H2,1H3,(H,22,25)/t14-,16-,19-/m1/s1. The number of carbonyl (C=O) groups is 2. The first-order valence-electron chi connectivity index (χ1n) is 10.2. The Hall–Kier alpha value is -1.22. The SMILES string of the molecule is C[C@@H]1CCC[C@@](CN)([C@@H](C(=O)NO)N(O)C(=O)CC2(CN)CCCCC2)C1. The molecule has 2 amide bonds. The Balaban J connectivity index is 2.24. The van der Waals surface area contributed by atoms with E-state index in [4.69, 9.17) is 11.5 Å². The van der Waals surface area contributed by atoms with Gasteiger partial charge in [0.15, 0.2) is 0 Å². The zero-order valence-electron chi connectivity index (χ0n) is 16.5. The number of amides is 2. The molecule has 2 rings (SSSR count). The van der Waals surface area contributed by atoms with Crippen LogP contribution in [0.1, 0.15) is 71.1 Å². The van der Waals surface area contributed by atoms with Gasteiger partial charge < -0.3 is 11.5 Å². The lowest BCUT2D eigenvalue weighted by atomic mass is 9.65. The molecule has 27 heavy (non-hydrogen) atoms. The van der Waals surface area contributed by atoms with E-state index in [9.17, 15) is 20.0 Å². The van der Waals surface area contributed by atoms with Crippen molar-refractivity contribution in [2.24, 2.45) is 28.2 Å². The van der Waals surface area contributed by atoms with Gasteiger partial charge in [-0.2, -0.15) is 0 Å². The van der Waals surface area contributed by atoms with Crippen LogP contribution in [0.3, 0.4) is 0 Å². The van der Waals surface area contributed by atoms with Crippen molar-refractivity contribution in [2.75, 3.05) is 13.1 Å². The minimum absolute atomic E-state index is 0.103. The summed E-state index contributed by atoms with van der Waals surface area (Å²) in [4.78, 5) is 25.4. The Morgan fingerprint density at radius 2 is 1.81 bits per heavy atom. The van der Waals surface area contributed by atoms with Crippen LogP contribution in [0.15, 0.2) is 0 Å². The van der Waals surface area contributed by atoms with Crippen molar-refractivity contribution in [3.63, 3.8) is 0 Å². The Labute approximate surface area is 161 Å². The van der Waals surface area contributed by atoms with Gasteiger partial charge in [0.1, 0.15) is 6.04 Å². The summed E-state index contributed by atoms with van der Waals surface area (Å²) in [5, 5.41) is 20.6. The van der Waals surface area contributed by atoms with Crippen molar-refractivity contribution >= 4 is 11.8 Å². The molecule has 0 saturated heterocycles. The summed E-state index contributed by atoms with van der Waals surface area (Å²) in [5.41, 5.74) is 12.6. The van der Waals surface area contributed by atoms with Gasteiger partial charge in [0.05, 0.1) is 0 Å². The maximum Gasteiger partial charge on any atom is 0.269 e. The molecule has 0 heterocycles. The van der Waals surface area contributed by atoms with Gasteiger partial charge in [-0.1, -0.05) is 39.0 Å². The van der Waals surface area contributed by atoms with Crippen LogP contribution < -0.4 is 16.9 Å². The third-order valence-corrected chi connectivity index (χ3v) is 6.85. The maximum absolute atomic E-state index is 12.9. The second-order valence-corrected chi connectivity index (χ2v) is 8.83. The zero-order valence-corrected chi connectivity index (χ0v) is 16.5. The van der Waals surface area contributed by atoms with Crippen molar-refractivity contribution < 1.29 is 20.0 Å². The molecule has 0 unspecified atom stereocenters. The van der Waals surface area contributed by atoms with Gasteiger partial charge in [-0.25, -0.2) is 10.5 Å². The summed E-state index contributed by atoms with van der Waals surface area (Å²) in [7, 11) is 0. The molecule has 8 heteroatoms. The van der Waals surface area contributed by atoms with Gasteiger partial charge in [0.25, 0.3) is 5.91 Å². The fourth-order valence-corrected chi connectivity index (χ4v) is 5.26. The average molecular weight is 385 g/mol. The molecule has 0 spiro atoms. The summed E-state index contributed by atoms with van der Waals surface area (Å²) in [6, 6.07) is -1.21. The number of nitrogens with one attached hydrogen (secondary N) is 1. The fraction of sp³-hybridized carbons (Fsp3) is 0.895. The van der Waals surface area contributed by atoms with Crippen LogP contribution in [-0.2, 0) is 9.59 Å². The van der Waals surface area contributed by atoms with Gasteiger partial charge in [-0.15, -0.1) is 0 Å². The maximum atomic E-state index is 12.9. The van der Waals surface area contributed by atoms with E-state index >= 15 is 0 Å². The molecule has 0 radical (unpaired) electrons. The van der Waals surface area contributed by atoms with Crippen LogP contribution in [0.25, 0.3) is 0 Å². The largest absolute Gasteiger partial charge is 0.330 e. The van der Waals surface area contributed by atoms with Crippen LogP contribution >= 0.6 is 0 Å². The molecule has 0 aliphatic heterocycles. The molecule has 2 aliphatic carbocycles. The van der Waals surface area contributed by atoms with Crippen molar-refractivity contribution in [1.82, 2.24) is 10.5 Å². The third kappa shape index (κ3) is 4.80. The molecule has 0 bridgehead atoms. The fourth-order valence-electron chi connectivity index (χ4n) is 5.26. The highest BCUT2D eigenvalue weighted by atomic mass is 16.5. The monoisotopic (exact) mass is 384 g/mol. The molecule has 156 valence electrons. The van der Waals surface area contributed by atoms with Crippen molar-refractivity contribution in [3.8, 4) is 0 Å². The highest BCUT2D eigenvalue weighted by Crippen LogP contribution is 2.44. The molecule has 2 fully saturated rings. The lowest BCUT2D eigenvalue weighted by Crippen LogP contribution is -2.60. The molecule has 0 aromatic heterocycles. The van der Waals surface area contributed by atoms with E-state index in [-0.39, 0.29) is 18.4 Å². The van der Waals surface area contributed by atoms with Crippen molar-refractivity contribution in [2.45, 2.75) is 77.2 Å². The van der Waals surface area contributed by atoms with Gasteiger partial charge in [0.2, 0.25) is 5.91 Å². The molecule has 2 aliphatic rings. The van der Waals surface area contributed by atoms with Gasteiger partial charge in [-0.3, -0.25) is 20.0 Å². The first kappa shape index (κ1) is 22.1. The van der Waals surface area contributed by atoms with E-state index in [1.165, 1.54) is 0 Å². The lowest BCUT2D eigenvalue weighted by molar-refractivity contribution is -0.199. The molecule has 0 aromatic carbocycles. The first-order valence-corrected chi connectivity index (χ1v) is 10.2. The molecule has 0 aromatic rings. The minimum Gasteiger partial charge on any atom is -0.330 e. The predicted molar refractivity (Wildman–Crippen MR) is 101 cm³/mol. The molecule has 2 saturated carbocycles. The third-order valence-electron chi connectivity index (χ3n) is 6.85. The van der Waals surface area contributed by atoms with E-state index < -0.39 is 23.3 Å². The van der Waals surface area contributed by atoms with Gasteiger partial charge in [0, 0.05) is 18.4 Å². The minimum atomic E-state index is -1.21. The quantitative estimate of drug-likeness (QED) is 0.333. The molecule has 7 N–H and O–H groups in total. The first-order chi connectivity index (χ1) is 12.8. The summed E-state index contributed by atoms with van der Waals surface area (Å²) in [6.07, 6.45) is 8.08. The highest BCUT2D eigenvalue weighted by Gasteiger charge is 2.49. The highest BCUT2D eigenvalue weighted by molar-refractivity contribution is 5.87. The second-order valence-electron chi connectivity index (χ2n) is 8.83. The number of rotatable bonds is 7. The number of hydrogen-bond donors (Lipinski definition) is 5. The van der Waals surface area contributed by atoms with E-state index in [1.54, 1.807) is 5.48 Å². The van der Waals surface area contributed by atoms with E-state index in [2.05, 4.69) is 6.92 Å². The molecule has 3 atom stereocenters. The van der Waals surface area contributed by atoms with Crippen LogP contribution in [0.2, 0.25) is 0 Å². The second kappa shape index (κ2) is 9.32. The summed E-state index contributed by atoms with van der Waals surface area (Å²) >= 11 is 0. The molecular weight excluding hydrogens is 348 g/mol. The van der Waals surface area contributed by atoms with E-state index in [1.807, 2.05) is 0 Å². The number of carbonyl (C=O) groups excluding carboxylic acids is 2. The summed E-state index contributed by atoms with van der Waals surface area (Å²) < 4.78 is 0. The van der Waals surface area contributed by atoms with Crippen LogP contribution in [0.5, 0.6) is 0 Å². The van der Waals surface area contributed by atoms with Crippen LogP contribution in [0, 0.1) is 16.7 Å². The topological polar surface area (TPSA) is 142 Å². The predicted octanol–water partition coefficient (Wildman–Crippen LogP) is 1.53. The van der Waals surface area contributed by atoms with Gasteiger partial charge in [-0.05, 0) is 43.6 Å². The lowest BCUT2D eigenvalue weighted by Gasteiger charge is -2.46. The number of nitrogens with two attached hydrogens (primary N) is 2. The Morgan fingerprint density at radius 3 is 2.33 bits per heavy atom. The number of nitrogens with zero attached hydrogens (tertiary/aromatic N) is 1. The normalized spacial score (nSPS) is 29.0. The molecular formula is C19H36N4O4. The molecule has 8 nitrogen and oxygen atoms in total. The Kier molecular flexibility index (Phi) is 7.62. The van der Waals surface area contributed by atoms with Crippen LogP contribution in [-0.4, -0.2) is 46.4 Å². The summed E-state index contributed by atoms with van der Waals surface area (Å²) in [5.74, 6) is -0.994. The van der Waals surface area contributed by atoms with Gasteiger partial charge >= 0.3 is 0 Å². The number of hydroxylamine groups is 3. The number of hydrogen-bond acceptors (Lipinski definition) is 6. The van der Waals surface area contributed by atoms with Crippen molar-refractivity contribution in [1.29, 1.82) is 0 Å². The Morgan fingerprint density at radius 1 is 1.15 bits per heavy atom. The van der Waals surface area contributed by atoms with Crippen LogP contribution in [0.4, 0.5) is 0 Å². The Bertz CT molecular complexity index is 524. The summed E-state index contributed by atoms with van der Waals surface area (Å²) in [6.45, 7) is 2.61. The zero-order chi connectivity index (χ0) is 20.1. The smallest absolute Gasteiger partial charge is 0.269 e. The van der Waals surface area contributed by atoms with E-state index in [0.717, 1.165) is 44.9 Å². The van der Waals surface area contributed by atoms with E-state index in [0.29, 0.717) is 30.4 Å². The van der Waals surface area contributed by atoms with Crippen molar-refractivity contribution in [3.05, 3.63) is 0 Å². The average Bonchev–Trinajstić information content (AvgIpc) is 2.68.